The Labute approximate surface area is 274 Å². The van der Waals surface area contributed by atoms with E-state index in [1.165, 1.54) is 16.8 Å². The van der Waals surface area contributed by atoms with Crippen LogP contribution in [0, 0.1) is 18.3 Å². The van der Waals surface area contributed by atoms with Crippen molar-refractivity contribution in [1.29, 1.82) is 5.26 Å². The molecule has 0 amide bonds. The number of nitriles is 1. The van der Waals surface area contributed by atoms with Gasteiger partial charge in [0.15, 0.2) is 14.5 Å². The molecule has 1 aromatic carbocycles. The molecule has 1 fully saturated rings. The second-order valence-corrected chi connectivity index (χ2v) is 19.7. The van der Waals surface area contributed by atoms with Gasteiger partial charge in [0.05, 0.1) is 24.7 Å². The molecule has 2 aromatic rings. The van der Waals surface area contributed by atoms with Crippen LogP contribution < -0.4 is 11.2 Å². The van der Waals surface area contributed by atoms with Crippen LogP contribution in [-0.2, 0) is 22.9 Å². The molecule has 1 N–H and O–H groups in total. The maximum atomic E-state index is 13.1. The summed E-state index contributed by atoms with van der Waals surface area (Å²) < 4.78 is 35.7. The lowest BCUT2D eigenvalue weighted by molar-refractivity contribution is -0.0581. The minimum Gasteiger partial charge on any atom is -0.459 e. The standard InChI is InChI=1S/C32H49N4O8PSi/c1-21(2)36(22(3)4)45(41-19-11-17-33)43-27-25(20-40-30(38)24-14-12-23(5)13-15-24)42-29(35-18-16-26(37)34-31(35)39)28(27)44-46(9,10)32(6,7)8/h12-16,18,21-22,25,27-29H,11,19-20H2,1-10H3,(H,34,37,39)/t25-,27+,28?,29-,45?/m1/s1. The van der Waals surface area contributed by atoms with E-state index < -0.39 is 58.6 Å². The van der Waals surface area contributed by atoms with Crippen molar-refractivity contribution in [2.75, 3.05) is 13.2 Å². The third kappa shape index (κ3) is 9.44. The molecule has 254 valence electrons. The fourth-order valence-electron chi connectivity index (χ4n) is 4.79. The first-order valence-corrected chi connectivity index (χ1v) is 19.6. The summed E-state index contributed by atoms with van der Waals surface area (Å²) in [6, 6.07) is 10.4. The number of aryl methyl sites for hydroxylation is 1. The number of hydrogen-bond donors (Lipinski definition) is 1. The van der Waals surface area contributed by atoms with Crippen LogP contribution in [0.2, 0.25) is 18.1 Å². The molecule has 12 nitrogen and oxygen atoms in total. The van der Waals surface area contributed by atoms with Gasteiger partial charge in [0.1, 0.15) is 24.9 Å². The number of benzene rings is 1. The number of rotatable bonds is 14. The highest BCUT2D eigenvalue weighted by Gasteiger charge is 2.53. The molecule has 0 radical (unpaired) electrons. The fourth-order valence-corrected chi connectivity index (χ4v) is 7.85. The Bertz CT molecular complexity index is 1460. The van der Waals surface area contributed by atoms with Crippen molar-refractivity contribution in [3.05, 3.63) is 68.5 Å². The van der Waals surface area contributed by atoms with E-state index in [4.69, 9.17) is 22.9 Å². The number of carbonyl (C=O) groups is 1. The summed E-state index contributed by atoms with van der Waals surface area (Å²) in [6.07, 6.45) is -2.07. The SMILES string of the molecule is Cc1ccc(C(=O)OC[C@H]2O[C@@H](n3ccc(=O)[nH]c3=O)C(O[Si](C)(C)C(C)(C)C)[C@H]2OP(OCCC#N)N(C(C)C)C(C)C)cc1. The van der Waals surface area contributed by atoms with Gasteiger partial charge in [-0.15, -0.1) is 0 Å². The topological polar surface area (TPSA) is 145 Å². The van der Waals surface area contributed by atoms with Crippen molar-refractivity contribution in [3.8, 4) is 6.07 Å². The van der Waals surface area contributed by atoms with Crippen molar-refractivity contribution >= 4 is 22.8 Å². The molecular weight excluding hydrogens is 627 g/mol. The summed E-state index contributed by atoms with van der Waals surface area (Å²) in [4.78, 5) is 40.5. The molecule has 14 heteroatoms. The number of nitrogens with one attached hydrogen (secondary N) is 1. The van der Waals surface area contributed by atoms with E-state index in [-0.39, 0.29) is 36.8 Å². The Kier molecular flexibility index (Phi) is 13.1. The number of carbonyl (C=O) groups excluding carboxylic acids is 1. The van der Waals surface area contributed by atoms with E-state index in [9.17, 15) is 19.6 Å². The molecule has 2 unspecified atom stereocenters. The first kappa shape index (κ1) is 37.8. The summed E-state index contributed by atoms with van der Waals surface area (Å²) in [6.45, 7) is 20.5. The lowest BCUT2D eigenvalue weighted by Crippen LogP contribution is -2.50. The van der Waals surface area contributed by atoms with Crippen molar-refractivity contribution in [2.45, 2.75) is 117 Å². The minimum absolute atomic E-state index is 0.0192. The van der Waals surface area contributed by atoms with Crippen LogP contribution in [0.3, 0.4) is 0 Å². The van der Waals surface area contributed by atoms with Crippen LogP contribution in [0.1, 0.15) is 77.0 Å². The summed E-state index contributed by atoms with van der Waals surface area (Å²) in [7, 11) is -4.32. The summed E-state index contributed by atoms with van der Waals surface area (Å²) in [5.41, 5.74) is 0.178. The number of aromatic nitrogens is 2. The average molecular weight is 677 g/mol. The van der Waals surface area contributed by atoms with E-state index in [1.807, 2.05) is 46.8 Å². The highest BCUT2D eigenvalue weighted by atomic mass is 31.2. The molecule has 0 aliphatic carbocycles. The van der Waals surface area contributed by atoms with Gasteiger partial charge in [-0.05, 0) is 64.9 Å². The van der Waals surface area contributed by atoms with Crippen molar-refractivity contribution in [1.82, 2.24) is 14.2 Å². The van der Waals surface area contributed by atoms with Crippen LogP contribution in [0.15, 0.2) is 46.1 Å². The van der Waals surface area contributed by atoms with Crippen molar-refractivity contribution < 1.29 is 27.7 Å². The molecular formula is C32H49N4O8PSi. The highest BCUT2D eigenvalue weighted by molar-refractivity contribution is 7.44. The van der Waals surface area contributed by atoms with Crippen LogP contribution in [0.4, 0.5) is 0 Å². The molecule has 1 aromatic heterocycles. The number of nitrogens with zero attached hydrogens (tertiary/aromatic N) is 3. The Balaban J connectivity index is 2.11. The molecule has 1 saturated heterocycles. The molecule has 2 heterocycles. The Hall–Kier alpha value is -2.69. The number of H-pyrrole nitrogens is 1. The number of ether oxygens (including phenoxy) is 2. The third-order valence-electron chi connectivity index (χ3n) is 8.19. The summed E-state index contributed by atoms with van der Waals surface area (Å²) >= 11 is 0. The largest absolute Gasteiger partial charge is 0.459 e. The Morgan fingerprint density at radius 3 is 2.28 bits per heavy atom. The predicted octanol–water partition coefficient (Wildman–Crippen LogP) is 5.65. The van der Waals surface area contributed by atoms with Crippen LogP contribution in [-0.4, -0.2) is 72.1 Å². The molecule has 0 spiro atoms. The van der Waals surface area contributed by atoms with Gasteiger partial charge in [-0.2, -0.15) is 5.26 Å². The normalized spacial score (nSPS) is 21.1. The molecule has 0 saturated carbocycles. The van der Waals surface area contributed by atoms with Crippen LogP contribution >= 0.6 is 8.53 Å². The van der Waals surface area contributed by atoms with Gasteiger partial charge in [0.2, 0.25) is 0 Å². The first-order chi connectivity index (χ1) is 21.5. The lowest BCUT2D eigenvalue weighted by atomic mass is 10.1. The Morgan fingerprint density at radius 2 is 1.74 bits per heavy atom. The predicted molar refractivity (Wildman–Crippen MR) is 179 cm³/mol. The van der Waals surface area contributed by atoms with Gasteiger partial charge in [0.25, 0.3) is 14.1 Å². The second-order valence-electron chi connectivity index (χ2n) is 13.5. The van der Waals surface area contributed by atoms with Gasteiger partial charge in [-0.3, -0.25) is 14.3 Å². The maximum absolute atomic E-state index is 13.1. The molecule has 1 aliphatic rings. The van der Waals surface area contributed by atoms with E-state index in [2.05, 4.69) is 49.6 Å². The summed E-state index contributed by atoms with van der Waals surface area (Å²) in [5.74, 6) is -0.535. The van der Waals surface area contributed by atoms with E-state index in [0.717, 1.165) is 5.56 Å². The van der Waals surface area contributed by atoms with Gasteiger partial charge < -0.3 is 22.9 Å². The minimum atomic E-state index is -2.55. The third-order valence-corrected chi connectivity index (χ3v) is 14.8. The molecule has 3 rings (SSSR count). The number of hydrogen-bond acceptors (Lipinski definition) is 10. The highest BCUT2D eigenvalue weighted by Crippen LogP contribution is 2.51. The smallest absolute Gasteiger partial charge is 0.338 e. The average Bonchev–Trinajstić information content (AvgIpc) is 3.26. The zero-order chi connectivity index (χ0) is 34.4. The fraction of sp³-hybridized carbons (Fsp3) is 0.625. The molecule has 46 heavy (non-hydrogen) atoms. The lowest BCUT2D eigenvalue weighted by Gasteiger charge is -2.42. The van der Waals surface area contributed by atoms with Gasteiger partial charge >= 0.3 is 11.7 Å². The quantitative estimate of drug-likeness (QED) is 0.115. The Morgan fingerprint density at radius 1 is 1.11 bits per heavy atom. The number of aromatic amines is 1. The van der Waals surface area contributed by atoms with Gasteiger partial charge in [-0.1, -0.05) is 38.5 Å². The zero-order valence-electron chi connectivity index (χ0n) is 28.6. The number of esters is 1. The summed E-state index contributed by atoms with van der Waals surface area (Å²) in [5, 5.41) is 9.01. The van der Waals surface area contributed by atoms with E-state index in [1.54, 1.807) is 12.1 Å². The van der Waals surface area contributed by atoms with E-state index in [0.29, 0.717) is 5.56 Å². The molecule has 0 bridgehead atoms. The van der Waals surface area contributed by atoms with Crippen molar-refractivity contribution in [2.24, 2.45) is 0 Å². The molecule has 5 atom stereocenters. The van der Waals surface area contributed by atoms with E-state index >= 15 is 0 Å². The monoisotopic (exact) mass is 676 g/mol. The van der Waals surface area contributed by atoms with Gasteiger partial charge in [0, 0.05) is 24.3 Å². The molecule has 1 aliphatic heterocycles. The first-order valence-electron chi connectivity index (χ1n) is 15.6. The zero-order valence-corrected chi connectivity index (χ0v) is 30.5. The van der Waals surface area contributed by atoms with Crippen LogP contribution in [0.25, 0.3) is 0 Å². The second kappa shape index (κ2) is 15.9. The maximum Gasteiger partial charge on any atom is 0.338 e. The van der Waals surface area contributed by atoms with Gasteiger partial charge in [-0.25, -0.2) is 14.3 Å². The van der Waals surface area contributed by atoms with Crippen LogP contribution in [0.5, 0.6) is 0 Å². The van der Waals surface area contributed by atoms with Crippen molar-refractivity contribution in [3.63, 3.8) is 0 Å².